The number of thiazole rings is 1. The van der Waals surface area contributed by atoms with Crippen LogP contribution in [0.4, 0.5) is 5.13 Å². The molecule has 0 unspecified atom stereocenters. The Kier molecular flexibility index (Phi) is 3.01. The van der Waals surface area contributed by atoms with Gasteiger partial charge in [0.25, 0.3) is 0 Å². The lowest BCUT2D eigenvalue weighted by Gasteiger charge is -2.26. The van der Waals surface area contributed by atoms with Gasteiger partial charge in [-0.15, -0.1) is 0 Å². The number of nitrogens with one attached hydrogen (secondary N) is 1. The van der Waals surface area contributed by atoms with Crippen molar-refractivity contribution in [1.29, 1.82) is 0 Å². The maximum absolute atomic E-state index is 11.4. The largest absolute Gasteiger partial charge is 0.346 e. The number of hydrogen-bond donors (Lipinski definition) is 1. The Hall–Kier alpha value is -1.46. The Morgan fingerprint density at radius 2 is 2.17 bits per heavy atom. The molecule has 2 heterocycles. The fourth-order valence-corrected chi connectivity index (χ4v) is 3.18. The van der Waals surface area contributed by atoms with Gasteiger partial charge < -0.3 is 10.2 Å². The second-order valence-electron chi connectivity index (χ2n) is 4.47. The predicted molar refractivity (Wildman–Crippen MR) is 74.7 cm³/mol. The molecule has 1 aromatic carbocycles. The van der Waals surface area contributed by atoms with E-state index < -0.39 is 0 Å². The van der Waals surface area contributed by atoms with Crippen LogP contribution in [-0.4, -0.2) is 36.9 Å². The molecule has 0 radical (unpaired) electrons. The minimum Gasteiger partial charge on any atom is -0.346 e. The summed E-state index contributed by atoms with van der Waals surface area (Å²) in [6, 6.07) is 5.74. The van der Waals surface area contributed by atoms with Gasteiger partial charge in [-0.25, -0.2) is 4.98 Å². The van der Waals surface area contributed by atoms with Crippen LogP contribution >= 0.6 is 11.3 Å². The van der Waals surface area contributed by atoms with Crippen LogP contribution in [0.15, 0.2) is 18.2 Å². The van der Waals surface area contributed by atoms with Crippen molar-refractivity contribution >= 4 is 32.5 Å². The van der Waals surface area contributed by atoms with Gasteiger partial charge in [-0.3, -0.25) is 4.79 Å². The standard InChI is InChI=1S/C13H15N3OS/c1-9(17)10-2-3-11-12(8-10)18-13(15-11)16-6-4-14-5-7-16/h2-3,8,14H,4-7H2,1H3. The maximum Gasteiger partial charge on any atom is 0.186 e. The molecule has 0 aliphatic carbocycles. The van der Waals surface area contributed by atoms with E-state index in [-0.39, 0.29) is 5.78 Å². The van der Waals surface area contributed by atoms with E-state index in [1.807, 2.05) is 18.2 Å². The Morgan fingerprint density at radius 1 is 1.39 bits per heavy atom. The highest BCUT2D eigenvalue weighted by Crippen LogP contribution is 2.29. The lowest BCUT2D eigenvalue weighted by Crippen LogP contribution is -2.43. The third-order valence-corrected chi connectivity index (χ3v) is 4.25. The first kappa shape index (κ1) is 11.6. The zero-order valence-electron chi connectivity index (χ0n) is 10.3. The number of piperazine rings is 1. The number of aromatic nitrogens is 1. The summed E-state index contributed by atoms with van der Waals surface area (Å²) in [7, 11) is 0. The molecule has 0 atom stereocenters. The molecule has 1 aliphatic rings. The number of benzene rings is 1. The zero-order valence-corrected chi connectivity index (χ0v) is 11.1. The number of carbonyl (C=O) groups is 1. The van der Waals surface area contributed by atoms with E-state index in [9.17, 15) is 4.79 Å². The van der Waals surface area contributed by atoms with Crippen LogP contribution in [0.25, 0.3) is 10.2 Å². The van der Waals surface area contributed by atoms with E-state index in [4.69, 9.17) is 0 Å². The van der Waals surface area contributed by atoms with Crippen LogP contribution in [0.1, 0.15) is 17.3 Å². The molecular weight excluding hydrogens is 246 g/mol. The van der Waals surface area contributed by atoms with Crippen LogP contribution in [0, 0.1) is 0 Å². The quantitative estimate of drug-likeness (QED) is 0.839. The number of anilines is 1. The first-order valence-corrected chi connectivity index (χ1v) is 6.93. The van der Waals surface area contributed by atoms with Crippen molar-refractivity contribution in [3.63, 3.8) is 0 Å². The van der Waals surface area contributed by atoms with Crippen molar-refractivity contribution in [1.82, 2.24) is 10.3 Å². The topological polar surface area (TPSA) is 45.2 Å². The number of carbonyl (C=O) groups excluding carboxylic acids is 1. The SMILES string of the molecule is CC(=O)c1ccc2nc(N3CCNCC3)sc2c1. The molecule has 2 aromatic rings. The van der Waals surface area contributed by atoms with Crippen molar-refractivity contribution in [3.05, 3.63) is 23.8 Å². The first-order valence-electron chi connectivity index (χ1n) is 6.11. The van der Waals surface area contributed by atoms with E-state index >= 15 is 0 Å². The third kappa shape index (κ3) is 2.11. The van der Waals surface area contributed by atoms with Gasteiger partial charge in [-0.05, 0) is 25.1 Å². The molecule has 1 aliphatic heterocycles. The zero-order chi connectivity index (χ0) is 12.5. The summed E-state index contributed by atoms with van der Waals surface area (Å²) in [4.78, 5) is 18.3. The molecule has 18 heavy (non-hydrogen) atoms. The molecule has 1 fully saturated rings. The number of hydrogen-bond acceptors (Lipinski definition) is 5. The van der Waals surface area contributed by atoms with E-state index in [2.05, 4.69) is 15.2 Å². The lowest BCUT2D eigenvalue weighted by atomic mass is 10.1. The van der Waals surface area contributed by atoms with Crippen LogP contribution < -0.4 is 10.2 Å². The summed E-state index contributed by atoms with van der Waals surface area (Å²) < 4.78 is 1.09. The summed E-state index contributed by atoms with van der Waals surface area (Å²) >= 11 is 1.67. The molecule has 4 nitrogen and oxygen atoms in total. The molecule has 1 N–H and O–H groups in total. The number of rotatable bonds is 2. The molecule has 1 aromatic heterocycles. The number of fused-ring (bicyclic) bond motifs is 1. The maximum atomic E-state index is 11.4. The minimum atomic E-state index is 0.106. The fraction of sp³-hybridized carbons (Fsp3) is 0.385. The highest BCUT2D eigenvalue weighted by Gasteiger charge is 2.15. The van der Waals surface area contributed by atoms with Crippen molar-refractivity contribution in [2.75, 3.05) is 31.1 Å². The van der Waals surface area contributed by atoms with Crippen LogP contribution in [0.5, 0.6) is 0 Å². The van der Waals surface area contributed by atoms with E-state index in [1.54, 1.807) is 18.3 Å². The molecule has 94 valence electrons. The van der Waals surface area contributed by atoms with Crippen molar-refractivity contribution in [3.8, 4) is 0 Å². The summed E-state index contributed by atoms with van der Waals surface area (Å²) in [6.07, 6.45) is 0. The number of nitrogens with zero attached hydrogens (tertiary/aromatic N) is 2. The van der Waals surface area contributed by atoms with Crippen LogP contribution in [0.2, 0.25) is 0 Å². The molecule has 1 saturated heterocycles. The Morgan fingerprint density at radius 3 is 2.89 bits per heavy atom. The first-order chi connectivity index (χ1) is 8.74. The number of Topliss-reactive ketones (excluding diaryl/α,β-unsaturated/α-hetero) is 1. The van der Waals surface area contributed by atoms with Crippen molar-refractivity contribution in [2.45, 2.75) is 6.92 Å². The molecule has 0 spiro atoms. The van der Waals surface area contributed by atoms with Crippen molar-refractivity contribution in [2.24, 2.45) is 0 Å². The van der Waals surface area contributed by atoms with Crippen molar-refractivity contribution < 1.29 is 4.79 Å². The second kappa shape index (κ2) is 4.66. The molecule has 0 bridgehead atoms. The summed E-state index contributed by atoms with van der Waals surface area (Å²) in [5, 5.41) is 4.40. The lowest BCUT2D eigenvalue weighted by molar-refractivity contribution is 0.101. The monoisotopic (exact) mass is 261 g/mol. The van der Waals surface area contributed by atoms with Gasteiger partial charge in [0.2, 0.25) is 0 Å². The van der Waals surface area contributed by atoms with E-state index in [1.165, 1.54) is 0 Å². The third-order valence-electron chi connectivity index (χ3n) is 3.17. The minimum absolute atomic E-state index is 0.106. The number of ketones is 1. The molecule has 5 heteroatoms. The van der Waals surface area contributed by atoms with Gasteiger partial charge in [-0.1, -0.05) is 11.3 Å². The Balaban J connectivity index is 1.97. The average molecular weight is 261 g/mol. The Bertz CT molecular complexity index is 587. The van der Waals surface area contributed by atoms with Gasteiger partial charge in [0.05, 0.1) is 10.2 Å². The molecular formula is C13H15N3OS. The van der Waals surface area contributed by atoms with Gasteiger partial charge in [0, 0.05) is 31.7 Å². The highest BCUT2D eigenvalue weighted by molar-refractivity contribution is 7.22. The van der Waals surface area contributed by atoms with E-state index in [0.717, 1.165) is 47.1 Å². The van der Waals surface area contributed by atoms with Crippen LogP contribution in [-0.2, 0) is 0 Å². The average Bonchev–Trinajstić information content (AvgIpc) is 2.82. The van der Waals surface area contributed by atoms with Gasteiger partial charge in [0.15, 0.2) is 10.9 Å². The smallest absolute Gasteiger partial charge is 0.186 e. The van der Waals surface area contributed by atoms with Gasteiger partial charge in [0.1, 0.15) is 0 Å². The van der Waals surface area contributed by atoms with Gasteiger partial charge in [-0.2, -0.15) is 0 Å². The second-order valence-corrected chi connectivity index (χ2v) is 5.48. The van der Waals surface area contributed by atoms with Gasteiger partial charge >= 0.3 is 0 Å². The van der Waals surface area contributed by atoms with E-state index in [0.29, 0.717) is 0 Å². The summed E-state index contributed by atoms with van der Waals surface area (Å²) in [5.41, 5.74) is 1.75. The fourth-order valence-electron chi connectivity index (χ4n) is 2.12. The highest BCUT2D eigenvalue weighted by atomic mass is 32.1. The molecule has 0 saturated carbocycles. The molecule has 0 amide bonds. The normalized spacial score (nSPS) is 16.2. The predicted octanol–water partition coefficient (Wildman–Crippen LogP) is 1.91. The van der Waals surface area contributed by atoms with Crippen LogP contribution in [0.3, 0.4) is 0 Å². The Labute approximate surface area is 110 Å². The summed E-state index contributed by atoms with van der Waals surface area (Å²) in [5.74, 6) is 0.106. The summed E-state index contributed by atoms with van der Waals surface area (Å²) in [6.45, 7) is 5.61. The molecule has 3 rings (SSSR count).